The highest BCUT2D eigenvalue weighted by molar-refractivity contribution is 7.16. The molecule has 18 heavy (non-hydrogen) atoms. The van der Waals surface area contributed by atoms with Gasteiger partial charge in [0.15, 0.2) is 0 Å². The molecule has 0 bridgehead atoms. The van der Waals surface area contributed by atoms with Gasteiger partial charge in [-0.05, 0) is 36.5 Å². The zero-order valence-electron chi connectivity index (χ0n) is 10.1. The van der Waals surface area contributed by atoms with Crippen LogP contribution in [0.4, 0.5) is 0 Å². The molecule has 0 fully saturated rings. The van der Waals surface area contributed by atoms with E-state index in [2.05, 4.69) is 18.3 Å². The molecule has 2 aromatic rings. The summed E-state index contributed by atoms with van der Waals surface area (Å²) < 4.78 is 0.838. The second-order valence-corrected chi connectivity index (χ2v) is 7.20. The third-order valence-electron chi connectivity index (χ3n) is 2.66. The highest BCUT2D eigenvalue weighted by atomic mass is 35.5. The minimum absolute atomic E-state index is 0.304. The molecule has 1 atom stereocenters. The molecule has 1 unspecified atom stereocenters. The Morgan fingerprint density at radius 3 is 2.67 bits per heavy atom. The number of nitrogens with one attached hydrogen (secondary N) is 1. The van der Waals surface area contributed by atoms with E-state index in [0.717, 1.165) is 28.7 Å². The van der Waals surface area contributed by atoms with E-state index >= 15 is 0 Å². The second kappa shape index (κ2) is 6.92. The lowest BCUT2D eigenvalue weighted by Crippen LogP contribution is -2.23. The number of rotatable bonds is 6. The summed E-state index contributed by atoms with van der Waals surface area (Å²) in [5, 5.41) is 6.47. The van der Waals surface area contributed by atoms with Gasteiger partial charge < -0.3 is 5.32 Å². The Balaban J connectivity index is 2.12. The van der Waals surface area contributed by atoms with Gasteiger partial charge >= 0.3 is 0 Å². The summed E-state index contributed by atoms with van der Waals surface area (Å²) in [6, 6.07) is 6.32. The second-order valence-electron chi connectivity index (χ2n) is 4.04. The smallest absolute Gasteiger partial charge is 0.0931 e. The van der Waals surface area contributed by atoms with E-state index in [-0.39, 0.29) is 0 Å². The predicted octanol–water partition coefficient (Wildman–Crippen LogP) is 5.40. The molecule has 0 saturated heterocycles. The van der Waals surface area contributed by atoms with E-state index in [1.807, 2.05) is 17.5 Å². The maximum absolute atomic E-state index is 6.17. The van der Waals surface area contributed by atoms with E-state index in [0.29, 0.717) is 6.04 Å². The Bertz CT molecular complexity index is 493. The molecular weight excluding hydrogens is 305 g/mol. The molecule has 98 valence electrons. The van der Waals surface area contributed by atoms with Crippen molar-refractivity contribution in [3.63, 3.8) is 0 Å². The Labute approximate surface area is 126 Å². The van der Waals surface area contributed by atoms with Crippen molar-refractivity contribution < 1.29 is 0 Å². The van der Waals surface area contributed by atoms with Crippen LogP contribution in [0.3, 0.4) is 0 Å². The van der Waals surface area contributed by atoms with Gasteiger partial charge in [0, 0.05) is 22.2 Å². The summed E-state index contributed by atoms with van der Waals surface area (Å²) in [6.45, 7) is 3.17. The molecule has 2 heterocycles. The molecule has 0 amide bonds. The van der Waals surface area contributed by atoms with Crippen LogP contribution < -0.4 is 5.32 Å². The van der Waals surface area contributed by atoms with Crippen molar-refractivity contribution in [2.24, 2.45) is 0 Å². The fourth-order valence-corrected chi connectivity index (χ4v) is 4.06. The van der Waals surface area contributed by atoms with Gasteiger partial charge in [-0.25, -0.2) is 0 Å². The van der Waals surface area contributed by atoms with Crippen molar-refractivity contribution in [1.29, 1.82) is 0 Å². The third-order valence-corrected chi connectivity index (χ3v) is 5.41. The summed E-state index contributed by atoms with van der Waals surface area (Å²) in [4.78, 5) is 2.51. The average Bonchev–Trinajstić information content (AvgIpc) is 2.94. The molecule has 1 N–H and O–H groups in total. The van der Waals surface area contributed by atoms with Gasteiger partial charge in [0.25, 0.3) is 0 Å². The Kier molecular flexibility index (Phi) is 5.52. The summed E-state index contributed by atoms with van der Waals surface area (Å²) in [7, 11) is 0. The lowest BCUT2D eigenvalue weighted by Gasteiger charge is -2.16. The Morgan fingerprint density at radius 1 is 1.28 bits per heavy atom. The first-order valence-electron chi connectivity index (χ1n) is 5.91. The van der Waals surface area contributed by atoms with Gasteiger partial charge in [-0.3, -0.25) is 0 Å². The molecule has 0 aliphatic heterocycles. The number of hydrogen-bond donors (Lipinski definition) is 1. The topological polar surface area (TPSA) is 12.0 Å². The number of hydrogen-bond acceptors (Lipinski definition) is 3. The number of halogens is 2. The van der Waals surface area contributed by atoms with E-state index in [9.17, 15) is 0 Å². The Hall–Kier alpha value is -0.0600. The minimum atomic E-state index is 0.304. The van der Waals surface area contributed by atoms with Gasteiger partial charge in [-0.15, -0.1) is 22.7 Å². The van der Waals surface area contributed by atoms with Crippen LogP contribution in [-0.2, 0) is 6.42 Å². The molecule has 0 radical (unpaired) electrons. The standard InChI is InChI=1S/C13H15Cl2NS2/c1-2-6-16-10(11-3-4-13(15)18-11)8-12-9(14)5-7-17-12/h3-5,7,10,16H,2,6,8H2,1H3. The lowest BCUT2D eigenvalue weighted by molar-refractivity contribution is 0.540. The summed E-state index contributed by atoms with van der Waals surface area (Å²) in [5.74, 6) is 0. The molecule has 2 rings (SSSR count). The quantitative estimate of drug-likeness (QED) is 0.751. The van der Waals surface area contributed by atoms with Crippen molar-refractivity contribution in [3.8, 4) is 0 Å². The monoisotopic (exact) mass is 319 g/mol. The first-order chi connectivity index (χ1) is 8.70. The SMILES string of the molecule is CCCNC(Cc1sccc1Cl)c1ccc(Cl)s1. The van der Waals surface area contributed by atoms with Crippen molar-refractivity contribution >= 4 is 45.9 Å². The van der Waals surface area contributed by atoms with Crippen LogP contribution in [0.15, 0.2) is 23.6 Å². The molecular formula is C13H15Cl2NS2. The number of thiophene rings is 2. The van der Waals surface area contributed by atoms with Gasteiger partial charge in [0.1, 0.15) is 0 Å². The highest BCUT2D eigenvalue weighted by Crippen LogP contribution is 2.32. The lowest BCUT2D eigenvalue weighted by atomic mass is 10.1. The van der Waals surface area contributed by atoms with Crippen LogP contribution in [0.5, 0.6) is 0 Å². The molecule has 1 nitrogen and oxygen atoms in total. The van der Waals surface area contributed by atoms with Crippen LogP contribution in [0, 0.1) is 0 Å². The first kappa shape index (κ1) is 14.4. The molecule has 0 saturated carbocycles. The average molecular weight is 320 g/mol. The van der Waals surface area contributed by atoms with Gasteiger partial charge in [0.05, 0.1) is 9.36 Å². The van der Waals surface area contributed by atoms with E-state index in [4.69, 9.17) is 23.2 Å². The van der Waals surface area contributed by atoms with Crippen LogP contribution >= 0.6 is 45.9 Å². The van der Waals surface area contributed by atoms with Crippen LogP contribution in [-0.4, -0.2) is 6.54 Å². The fraction of sp³-hybridized carbons (Fsp3) is 0.385. The van der Waals surface area contributed by atoms with Crippen LogP contribution in [0.2, 0.25) is 9.36 Å². The first-order valence-corrected chi connectivity index (χ1v) is 8.36. The molecule has 0 aliphatic carbocycles. The normalized spacial score (nSPS) is 12.8. The van der Waals surface area contributed by atoms with Gasteiger partial charge in [0.2, 0.25) is 0 Å². The zero-order valence-corrected chi connectivity index (χ0v) is 13.2. The Morgan fingerprint density at radius 2 is 2.11 bits per heavy atom. The van der Waals surface area contributed by atoms with Crippen molar-refractivity contribution in [2.45, 2.75) is 25.8 Å². The summed E-state index contributed by atoms with van der Waals surface area (Å²) in [5.41, 5.74) is 0. The maximum atomic E-state index is 6.17. The molecule has 0 spiro atoms. The molecule has 5 heteroatoms. The minimum Gasteiger partial charge on any atom is -0.309 e. The predicted molar refractivity (Wildman–Crippen MR) is 83.4 cm³/mol. The summed E-state index contributed by atoms with van der Waals surface area (Å²) in [6.07, 6.45) is 2.04. The molecule has 0 aromatic carbocycles. The van der Waals surface area contributed by atoms with Gasteiger partial charge in [-0.1, -0.05) is 30.1 Å². The van der Waals surface area contributed by atoms with E-state index < -0.39 is 0 Å². The third kappa shape index (κ3) is 3.72. The van der Waals surface area contributed by atoms with E-state index in [1.165, 1.54) is 9.75 Å². The largest absolute Gasteiger partial charge is 0.309 e. The maximum Gasteiger partial charge on any atom is 0.0931 e. The fourth-order valence-electron chi connectivity index (χ4n) is 1.76. The molecule has 0 aliphatic rings. The van der Waals surface area contributed by atoms with Crippen LogP contribution in [0.25, 0.3) is 0 Å². The zero-order chi connectivity index (χ0) is 13.0. The van der Waals surface area contributed by atoms with Crippen LogP contribution in [0.1, 0.15) is 29.1 Å². The molecule has 2 aromatic heterocycles. The summed E-state index contributed by atoms with van der Waals surface area (Å²) >= 11 is 15.5. The van der Waals surface area contributed by atoms with E-state index in [1.54, 1.807) is 22.7 Å². The van der Waals surface area contributed by atoms with Crippen molar-refractivity contribution in [3.05, 3.63) is 42.7 Å². The highest BCUT2D eigenvalue weighted by Gasteiger charge is 2.16. The van der Waals surface area contributed by atoms with Crippen molar-refractivity contribution in [2.75, 3.05) is 6.54 Å². The van der Waals surface area contributed by atoms with Crippen molar-refractivity contribution in [1.82, 2.24) is 5.32 Å². The van der Waals surface area contributed by atoms with Gasteiger partial charge in [-0.2, -0.15) is 0 Å².